The van der Waals surface area contributed by atoms with E-state index in [1.807, 2.05) is 54.6 Å². The molecule has 0 aliphatic heterocycles. The van der Waals surface area contributed by atoms with E-state index < -0.39 is 0 Å². The lowest BCUT2D eigenvalue weighted by molar-refractivity contribution is 0.483. The minimum atomic E-state index is 0.501. The van der Waals surface area contributed by atoms with E-state index in [9.17, 15) is 0 Å². The van der Waals surface area contributed by atoms with Gasteiger partial charge in [-0.3, -0.25) is 0 Å². The van der Waals surface area contributed by atoms with Gasteiger partial charge in [0.25, 0.3) is 0 Å². The number of para-hydroxylation sites is 1. The molecule has 0 aliphatic carbocycles. The summed E-state index contributed by atoms with van der Waals surface area (Å²) in [5.41, 5.74) is 6.95. The van der Waals surface area contributed by atoms with Crippen LogP contribution in [0.1, 0.15) is 0 Å². The summed E-state index contributed by atoms with van der Waals surface area (Å²) in [5, 5.41) is 3.09. The zero-order chi connectivity index (χ0) is 14.5. The van der Waals surface area contributed by atoms with Crippen molar-refractivity contribution in [1.82, 2.24) is 9.97 Å². The Hall–Kier alpha value is -3.08. The van der Waals surface area contributed by atoms with E-state index in [4.69, 9.17) is 10.5 Å². The Morgan fingerprint density at radius 2 is 1.43 bits per heavy atom. The van der Waals surface area contributed by atoms with Gasteiger partial charge in [-0.05, 0) is 36.4 Å². The summed E-state index contributed by atoms with van der Waals surface area (Å²) in [6.45, 7) is 0. The highest BCUT2D eigenvalue weighted by Crippen LogP contribution is 2.23. The third-order valence-corrected chi connectivity index (χ3v) is 2.76. The van der Waals surface area contributed by atoms with E-state index >= 15 is 0 Å². The predicted octanol–water partition coefficient (Wildman–Crippen LogP) is 3.59. The number of ether oxygens (including phenoxy) is 1. The Balaban J connectivity index is 1.68. The van der Waals surface area contributed by atoms with Gasteiger partial charge in [0, 0.05) is 5.69 Å². The number of hydrogen-bond acceptors (Lipinski definition) is 5. The number of nitrogens with one attached hydrogen (secondary N) is 1. The first-order valence-electron chi connectivity index (χ1n) is 6.47. The number of nitrogens with two attached hydrogens (primary N) is 1. The molecule has 5 heteroatoms. The molecule has 0 spiro atoms. The van der Waals surface area contributed by atoms with Crippen molar-refractivity contribution in [1.29, 1.82) is 0 Å². The van der Waals surface area contributed by atoms with E-state index in [2.05, 4.69) is 15.3 Å². The fourth-order valence-electron chi connectivity index (χ4n) is 1.76. The Bertz CT molecular complexity index is 697. The number of anilines is 3. The van der Waals surface area contributed by atoms with Crippen molar-refractivity contribution in [3.63, 3.8) is 0 Å². The normalized spacial score (nSPS) is 10.1. The monoisotopic (exact) mass is 278 g/mol. The molecule has 21 heavy (non-hydrogen) atoms. The van der Waals surface area contributed by atoms with Crippen LogP contribution < -0.4 is 15.8 Å². The molecule has 0 radical (unpaired) electrons. The first-order chi connectivity index (χ1) is 10.3. The van der Waals surface area contributed by atoms with Gasteiger partial charge in [-0.15, -0.1) is 0 Å². The number of nitrogen functional groups attached to an aromatic ring is 1. The first-order valence-corrected chi connectivity index (χ1v) is 6.47. The van der Waals surface area contributed by atoms with Gasteiger partial charge in [0.2, 0.25) is 5.95 Å². The van der Waals surface area contributed by atoms with E-state index in [-0.39, 0.29) is 0 Å². The summed E-state index contributed by atoms with van der Waals surface area (Å²) in [7, 11) is 0. The van der Waals surface area contributed by atoms with Crippen molar-refractivity contribution < 1.29 is 4.74 Å². The molecule has 0 unspecified atom stereocenters. The van der Waals surface area contributed by atoms with Crippen molar-refractivity contribution in [2.75, 3.05) is 11.1 Å². The molecule has 0 aliphatic rings. The van der Waals surface area contributed by atoms with Crippen LogP contribution in [-0.2, 0) is 0 Å². The van der Waals surface area contributed by atoms with Gasteiger partial charge in [-0.25, -0.2) is 9.97 Å². The molecule has 0 fully saturated rings. The van der Waals surface area contributed by atoms with E-state index in [1.165, 1.54) is 0 Å². The van der Waals surface area contributed by atoms with Crippen LogP contribution in [0.25, 0.3) is 0 Å². The third kappa shape index (κ3) is 3.48. The minimum Gasteiger partial charge on any atom is -0.457 e. The van der Waals surface area contributed by atoms with Crippen molar-refractivity contribution >= 4 is 17.3 Å². The number of aromatic nitrogens is 2. The highest BCUT2D eigenvalue weighted by atomic mass is 16.5. The van der Waals surface area contributed by atoms with E-state index in [1.54, 1.807) is 12.4 Å². The zero-order valence-electron chi connectivity index (χ0n) is 11.2. The Morgan fingerprint density at radius 3 is 2.10 bits per heavy atom. The third-order valence-electron chi connectivity index (χ3n) is 2.76. The van der Waals surface area contributed by atoms with Crippen molar-refractivity contribution in [3.8, 4) is 11.5 Å². The molecule has 0 atom stereocenters. The van der Waals surface area contributed by atoms with Crippen LogP contribution in [0.4, 0.5) is 17.3 Å². The maximum Gasteiger partial charge on any atom is 0.227 e. The van der Waals surface area contributed by atoms with Crippen molar-refractivity contribution in [2.45, 2.75) is 0 Å². The molecule has 0 saturated carbocycles. The zero-order valence-corrected chi connectivity index (χ0v) is 11.2. The maximum absolute atomic E-state index is 5.72. The molecule has 5 nitrogen and oxygen atoms in total. The summed E-state index contributed by atoms with van der Waals surface area (Å²) < 4.78 is 5.72. The lowest BCUT2D eigenvalue weighted by Gasteiger charge is -2.07. The smallest absolute Gasteiger partial charge is 0.227 e. The van der Waals surface area contributed by atoms with Gasteiger partial charge in [0.05, 0.1) is 18.1 Å². The second-order valence-corrected chi connectivity index (χ2v) is 4.40. The van der Waals surface area contributed by atoms with Gasteiger partial charge in [-0.2, -0.15) is 0 Å². The van der Waals surface area contributed by atoms with Crippen LogP contribution in [-0.4, -0.2) is 9.97 Å². The molecule has 2 aromatic carbocycles. The summed E-state index contributed by atoms with van der Waals surface area (Å²) in [6, 6.07) is 17.2. The van der Waals surface area contributed by atoms with Crippen LogP contribution in [0, 0.1) is 0 Å². The first kappa shape index (κ1) is 12.9. The minimum absolute atomic E-state index is 0.501. The van der Waals surface area contributed by atoms with Gasteiger partial charge >= 0.3 is 0 Å². The predicted molar refractivity (Wildman–Crippen MR) is 82.7 cm³/mol. The van der Waals surface area contributed by atoms with Crippen LogP contribution in [0.15, 0.2) is 67.0 Å². The lowest BCUT2D eigenvalue weighted by atomic mass is 10.3. The fraction of sp³-hybridized carbons (Fsp3) is 0. The number of nitrogens with zero attached hydrogens (tertiary/aromatic N) is 2. The van der Waals surface area contributed by atoms with Crippen LogP contribution >= 0.6 is 0 Å². The van der Waals surface area contributed by atoms with Crippen molar-refractivity contribution in [2.24, 2.45) is 0 Å². The quantitative estimate of drug-likeness (QED) is 0.763. The van der Waals surface area contributed by atoms with Gasteiger partial charge in [-0.1, -0.05) is 18.2 Å². The van der Waals surface area contributed by atoms with Crippen LogP contribution in [0.5, 0.6) is 11.5 Å². The van der Waals surface area contributed by atoms with E-state index in [0.29, 0.717) is 11.6 Å². The molecule has 1 aromatic heterocycles. The number of rotatable bonds is 4. The largest absolute Gasteiger partial charge is 0.457 e. The molecule has 104 valence electrons. The van der Waals surface area contributed by atoms with Gasteiger partial charge < -0.3 is 15.8 Å². The highest BCUT2D eigenvalue weighted by Gasteiger charge is 1.99. The molecule has 3 aromatic rings. The molecule has 1 heterocycles. The topological polar surface area (TPSA) is 73.1 Å². The second kappa shape index (κ2) is 5.92. The molecule has 3 rings (SSSR count). The highest BCUT2D eigenvalue weighted by molar-refractivity contribution is 5.55. The number of hydrogen-bond donors (Lipinski definition) is 2. The lowest BCUT2D eigenvalue weighted by Crippen LogP contribution is -1.97. The Kier molecular flexibility index (Phi) is 3.64. The maximum atomic E-state index is 5.72. The average molecular weight is 278 g/mol. The second-order valence-electron chi connectivity index (χ2n) is 4.40. The summed E-state index contributed by atoms with van der Waals surface area (Å²) in [5.74, 6) is 2.07. The van der Waals surface area contributed by atoms with Crippen molar-refractivity contribution in [3.05, 3.63) is 67.0 Å². The molecular formula is C16H14N4O. The molecule has 0 bridgehead atoms. The summed E-state index contributed by atoms with van der Waals surface area (Å²) in [4.78, 5) is 8.17. The SMILES string of the molecule is Nc1cnc(Nc2ccc(Oc3ccccc3)cc2)nc1. The summed E-state index contributed by atoms with van der Waals surface area (Å²) in [6.07, 6.45) is 3.12. The fourth-order valence-corrected chi connectivity index (χ4v) is 1.76. The van der Waals surface area contributed by atoms with Gasteiger partial charge in [0.15, 0.2) is 0 Å². The van der Waals surface area contributed by atoms with Crippen LogP contribution in [0.3, 0.4) is 0 Å². The Labute approximate surface area is 122 Å². The molecular weight excluding hydrogens is 264 g/mol. The van der Waals surface area contributed by atoms with Gasteiger partial charge in [0.1, 0.15) is 11.5 Å². The summed E-state index contributed by atoms with van der Waals surface area (Å²) >= 11 is 0. The standard InChI is InChI=1S/C16H14N4O/c17-12-10-18-16(19-11-12)20-13-6-8-15(9-7-13)21-14-4-2-1-3-5-14/h1-11H,17H2,(H,18,19,20). The average Bonchev–Trinajstić information content (AvgIpc) is 2.53. The number of benzene rings is 2. The van der Waals surface area contributed by atoms with Crippen LogP contribution in [0.2, 0.25) is 0 Å². The van der Waals surface area contributed by atoms with E-state index in [0.717, 1.165) is 17.2 Å². The molecule has 0 amide bonds. The molecule has 0 saturated heterocycles. The Morgan fingerprint density at radius 1 is 0.810 bits per heavy atom. The molecule has 3 N–H and O–H groups in total.